The predicted molar refractivity (Wildman–Crippen MR) is 108 cm³/mol. The van der Waals surface area contributed by atoms with Crippen LogP contribution in [-0.2, 0) is 4.79 Å². The van der Waals surface area contributed by atoms with Crippen LogP contribution in [0, 0.1) is 5.92 Å². The highest BCUT2D eigenvalue weighted by molar-refractivity contribution is 7.80. The third-order valence-corrected chi connectivity index (χ3v) is 4.35. The Morgan fingerprint density at radius 1 is 1.08 bits per heavy atom. The fraction of sp³-hybridized carbons (Fsp3) is 0.385. The molecule has 4 nitrogen and oxygen atoms in total. The van der Waals surface area contributed by atoms with Crippen LogP contribution in [0.25, 0.3) is 0 Å². The van der Waals surface area contributed by atoms with Gasteiger partial charge in [0.05, 0.1) is 15.7 Å². The SMILES string of the molecule is CC(C)C(=O)N[C@@H](NC(=S)Nc1c(Cl)cc(Cl)cc1Cl)C(Cl)(Cl)Cl. The maximum absolute atomic E-state index is 11.8. The minimum atomic E-state index is -1.84. The fourth-order valence-electron chi connectivity index (χ4n) is 1.45. The van der Waals surface area contributed by atoms with E-state index in [2.05, 4.69) is 16.0 Å². The minimum absolute atomic E-state index is 0.0431. The first kappa shape index (κ1) is 22.2. The summed E-state index contributed by atoms with van der Waals surface area (Å²) in [5.41, 5.74) is 0.332. The smallest absolute Gasteiger partial charge is 0.228 e. The summed E-state index contributed by atoms with van der Waals surface area (Å²) in [7, 11) is 0. The van der Waals surface area contributed by atoms with Crippen molar-refractivity contribution < 1.29 is 4.79 Å². The van der Waals surface area contributed by atoms with Crippen LogP contribution in [0.15, 0.2) is 12.1 Å². The topological polar surface area (TPSA) is 53.2 Å². The normalized spacial score (nSPS) is 12.7. The number of hydrogen-bond acceptors (Lipinski definition) is 2. The van der Waals surface area contributed by atoms with Crippen molar-refractivity contribution in [2.75, 3.05) is 5.32 Å². The number of amides is 1. The molecule has 0 bridgehead atoms. The van der Waals surface area contributed by atoms with E-state index >= 15 is 0 Å². The second-order valence-corrected chi connectivity index (χ2v) is 9.01. The Bertz CT molecular complexity index is 612. The van der Waals surface area contributed by atoms with E-state index in [-0.39, 0.29) is 27.0 Å². The molecule has 0 spiro atoms. The number of alkyl halides is 3. The van der Waals surface area contributed by atoms with Crippen molar-refractivity contribution in [3.8, 4) is 0 Å². The Labute approximate surface area is 175 Å². The molecule has 3 N–H and O–H groups in total. The lowest BCUT2D eigenvalue weighted by atomic mass is 10.2. The summed E-state index contributed by atoms with van der Waals surface area (Å²) in [6, 6.07) is 2.99. The van der Waals surface area contributed by atoms with E-state index < -0.39 is 9.96 Å². The van der Waals surface area contributed by atoms with Gasteiger partial charge in [0.25, 0.3) is 0 Å². The molecule has 0 aliphatic carbocycles. The molecule has 0 saturated heterocycles. The molecule has 1 rings (SSSR count). The Hall–Kier alpha value is 0.120. The highest BCUT2D eigenvalue weighted by Gasteiger charge is 2.35. The number of rotatable bonds is 4. The van der Waals surface area contributed by atoms with Gasteiger partial charge in [-0.1, -0.05) is 83.5 Å². The largest absolute Gasteiger partial charge is 0.339 e. The summed E-state index contributed by atoms with van der Waals surface area (Å²) < 4.78 is -1.84. The molecule has 0 heterocycles. The van der Waals surface area contributed by atoms with Gasteiger partial charge >= 0.3 is 0 Å². The zero-order valence-electron chi connectivity index (χ0n) is 12.4. The van der Waals surface area contributed by atoms with Crippen LogP contribution >= 0.6 is 81.8 Å². The molecule has 1 amide bonds. The molecule has 0 radical (unpaired) electrons. The Morgan fingerprint density at radius 3 is 2.00 bits per heavy atom. The Balaban J connectivity index is 2.88. The molecule has 1 atom stereocenters. The summed E-state index contributed by atoms with van der Waals surface area (Å²) >= 11 is 40.8. The number of carbonyl (C=O) groups excluding carboxylic acids is 1. The number of benzene rings is 1. The molecule has 24 heavy (non-hydrogen) atoms. The van der Waals surface area contributed by atoms with Gasteiger partial charge in [0.1, 0.15) is 6.17 Å². The standard InChI is InChI=1S/C13H13Cl6N3OS/c1-5(2)10(23)21-11(13(17,18)19)22-12(24)20-9-7(15)3-6(14)4-8(9)16/h3-5,11H,1-2H3,(H,21,23)(H2,20,22,24)/t11-/m0/s1. The molecule has 1 aromatic rings. The number of thiocarbonyl (C=S) groups is 1. The molecule has 0 saturated carbocycles. The maximum atomic E-state index is 11.8. The molecule has 0 unspecified atom stereocenters. The fourth-order valence-corrected chi connectivity index (χ4v) is 2.91. The molecule has 0 aliphatic heterocycles. The average molecular weight is 472 g/mol. The van der Waals surface area contributed by atoms with Gasteiger partial charge in [-0.05, 0) is 24.4 Å². The van der Waals surface area contributed by atoms with Gasteiger partial charge in [0.2, 0.25) is 9.70 Å². The van der Waals surface area contributed by atoms with Crippen LogP contribution < -0.4 is 16.0 Å². The highest BCUT2D eigenvalue weighted by Crippen LogP contribution is 2.34. The predicted octanol–water partition coefficient (Wildman–Crippen LogP) is 5.40. The molecule has 11 heteroatoms. The van der Waals surface area contributed by atoms with Crippen LogP contribution in [0.1, 0.15) is 13.8 Å². The Kier molecular flexibility index (Phi) is 8.47. The quantitative estimate of drug-likeness (QED) is 0.312. The Morgan fingerprint density at radius 2 is 1.58 bits per heavy atom. The zero-order chi connectivity index (χ0) is 18.7. The third kappa shape index (κ3) is 6.79. The van der Waals surface area contributed by atoms with Crippen molar-refractivity contribution in [1.82, 2.24) is 10.6 Å². The van der Waals surface area contributed by atoms with Gasteiger partial charge in [-0.25, -0.2) is 0 Å². The molecule has 134 valence electrons. The van der Waals surface area contributed by atoms with Crippen molar-refractivity contribution in [2.24, 2.45) is 5.92 Å². The summed E-state index contributed by atoms with van der Waals surface area (Å²) in [6.45, 7) is 3.41. The number of carbonyl (C=O) groups is 1. The van der Waals surface area contributed by atoms with Crippen LogP contribution in [0.3, 0.4) is 0 Å². The lowest BCUT2D eigenvalue weighted by Crippen LogP contribution is -2.56. The van der Waals surface area contributed by atoms with Crippen molar-refractivity contribution in [3.63, 3.8) is 0 Å². The van der Waals surface area contributed by atoms with Gasteiger partial charge in [-0.2, -0.15) is 0 Å². The van der Waals surface area contributed by atoms with E-state index in [1.54, 1.807) is 13.8 Å². The van der Waals surface area contributed by atoms with E-state index in [0.717, 1.165) is 0 Å². The average Bonchev–Trinajstić information content (AvgIpc) is 2.40. The number of hydrogen-bond donors (Lipinski definition) is 3. The summed E-state index contributed by atoms with van der Waals surface area (Å²) in [6.07, 6.45) is -1.07. The molecule has 1 aromatic carbocycles. The van der Waals surface area contributed by atoms with E-state index in [1.807, 2.05) is 0 Å². The molecule has 0 aromatic heterocycles. The van der Waals surface area contributed by atoms with Crippen LogP contribution in [-0.4, -0.2) is 21.0 Å². The highest BCUT2D eigenvalue weighted by atomic mass is 35.6. The van der Waals surface area contributed by atoms with E-state index in [1.165, 1.54) is 12.1 Å². The summed E-state index contributed by atoms with van der Waals surface area (Å²) in [5, 5.41) is 8.97. The van der Waals surface area contributed by atoms with E-state index in [4.69, 9.17) is 81.8 Å². The second-order valence-electron chi connectivity index (χ2n) is 4.98. The lowest BCUT2D eigenvalue weighted by molar-refractivity contribution is -0.124. The van der Waals surface area contributed by atoms with Gasteiger partial charge in [-0.3, -0.25) is 4.79 Å². The first-order chi connectivity index (χ1) is 10.9. The minimum Gasteiger partial charge on any atom is -0.339 e. The number of nitrogens with one attached hydrogen (secondary N) is 3. The number of halogens is 6. The van der Waals surface area contributed by atoms with Crippen LogP contribution in [0.2, 0.25) is 15.1 Å². The van der Waals surface area contributed by atoms with Crippen molar-refractivity contribution >= 4 is 98.5 Å². The molecule has 0 fully saturated rings. The van der Waals surface area contributed by atoms with Crippen molar-refractivity contribution in [2.45, 2.75) is 23.8 Å². The molecular formula is C13H13Cl6N3OS. The third-order valence-electron chi connectivity index (χ3n) is 2.66. The van der Waals surface area contributed by atoms with Gasteiger partial charge in [0, 0.05) is 10.9 Å². The second kappa shape index (κ2) is 9.17. The molecule has 0 aliphatic rings. The monoisotopic (exact) mass is 469 g/mol. The van der Waals surface area contributed by atoms with Crippen LogP contribution in [0.5, 0.6) is 0 Å². The number of anilines is 1. The molecular weight excluding hydrogens is 459 g/mol. The first-order valence-corrected chi connectivity index (χ1v) is 9.18. The maximum Gasteiger partial charge on any atom is 0.228 e. The van der Waals surface area contributed by atoms with E-state index in [0.29, 0.717) is 10.7 Å². The van der Waals surface area contributed by atoms with Gasteiger partial charge in [-0.15, -0.1) is 0 Å². The van der Waals surface area contributed by atoms with Gasteiger partial charge in [0.15, 0.2) is 5.11 Å². The summed E-state index contributed by atoms with van der Waals surface area (Å²) in [5.74, 6) is -0.618. The van der Waals surface area contributed by atoms with Crippen molar-refractivity contribution in [3.05, 3.63) is 27.2 Å². The first-order valence-electron chi connectivity index (χ1n) is 6.51. The lowest BCUT2D eigenvalue weighted by Gasteiger charge is -2.28. The zero-order valence-corrected chi connectivity index (χ0v) is 17.7. The van der Waals surface area contributed by atoms with Gasteiger partial charge < -0.3 is 16.0 Å². The van der Waals surface area contributed by atoms with E-state index in [9.17, 15) is 4.79 Å². The van der Waals surface area contributed by atoms with Crippen LogP contribution in [0.4, 0.5) is 5.69 Å². The summed E-state index contributed by atoms with van der Waals surface area (Å²) in [4.78, 5) is 11.8. The van der Waals surface area contributed by atoms with Crippen molar-refractivity contribution in [1.29, 1.82) is 0 Å².